The highest BCUT2D eigenvalue weighted by atomic mass is 79.9. The van der Waals surface area contributed by atoms with Crippen molar-refractivity contribution in [2.45, 2.75) is 13.3 Å². The van der Waals surface area contributed by atoms with Gasteiger partial charge in [0.15, 0.2) is 0 Å². The van der Waals surface area contributed by atoms with Crippen LogP contribution >= 0.6 is 15.9 Å². The molecule has 1 aromatic carbocycles. The Morgan fingerprint density at radius 1 is 1.38 bits per heavy atom. The third-order valence-corrected chi connectivity index (χ3v) is 2.43. The minimum Gasteiger partial charge on any atom is -0.502 e. The quantitative estimate of drug-likeness (QED) is 0.732. The molecule has 0 fully saturated rings. The Morgan fingerprint density at radius 3 is 2.85 bits per heavy atom. The number of benzene rings is 1. The molecule has 0 saturated carbocycles. The van der Waals surface area contributed by atoms with E-state index in [-0.39, 0.29) is 0 Å². The van der Waals surface area contributed by atoms with Crippen molar-refractivity contribution in [2.75, 3.05) is 6.61 Å². The van der Waals surface area contributed by atoms with Crippen LogP contribution in [0.3, 0.4) is 0 Å². The largest absolute Gasteiger partial charge is 0.502 e. The van der Waals surface area contributed by atoms with Crippen LogP contribution in [-0.2, 0) is 11.2 Å². The molecule has 70 valence electrons. The van der Waals surface area contributed by atoms with Gasteiger partial charge in [-0.1, -0.05) is 34.1 Å². The Kier molecular flexibility index (Phi) is 4.61. The van der Waals surface area contributed by atoms with Gasteiger partial charge in [0.25, 0.3) is 0 Å². The fourth-order valence-corrected chi connectivity index (χ4v) is 1.45. The molecule has 13 heavy (non-hydrogen) atoms. The molecule has 1 rings (SSSR count). The maximum atomic E-state index is 5.10. The Hall–Kier alpha value is -0.760. The Balaban J connectivity index is 2.49. The van der Waals surface area contributed by atoms with E-state index >= 15 is 0 Å². The van der Waals surface area contributed by atoms with Crippen molar-refractivity contribution < 1.29 is 4.74 Å². The molecule has 0 aliphatic carbocycles. The summed E-state index contributed by atoms with van der Waals surface area (Å²) in [5.74, 6) is 0. The van der Waals surface area contributed by atoms with E-state index < -0.39 is 0 Å². The van der Waals surface area contributed by atoms with Crippen LogP contribution < -0.4 is 0 Å². The molecule has 0 aromatic heterocycles. The third-order valence-electron chi connectivity index (χ3n) is 1.65. The summed E-state index contributed by atoms with van der Waals surface area (Å²) in [4.78, 5) is 0. The molecule has 2 heteroatoms. The first-order valence-corrected chi connectivity index (χ1v) is 5.14. The van der Waals surface area contributed by atoms with Gasteiger partial charge in [0, 0.05) is 4.47 Å². The van der Waals surface area contributed by atoms with Gasteiger partial charge >= 0.3 is 0 Å². The lowest BCUT2D eigenvalue weighted by molar-refractivity contribution is 0.268. The van der Waals surface area contributed by atoms with Gasteiger partial charge in [0.2, 0.25) is 0 Å². The van der Waals surface area contributed by atoms with E-state index in [1.165, 1.54) is 5.56 Å². The van der Waals surface area contributed by atoms with E-state index in [0.29, 0.717) is 0 Å². The molecular weight excluding hydrogens is 228 g/mol. The molecule has 1 aromatic rings. The van der Waals surface area contributed by atoms with Gasteiger partial charge in [0.05, 0.1) is 12.9 Å². The molecule has 0 radical (unpaired) electrons. The fourth-order valence-electron chi connectivity index (χ4n) is 1.00. The van der Waals surface area contributed by atoms with E-state index in [9.17, 15) is 0 Å². The van der Waals surface area contributed by atoms with Gasteiger partial charge in [-0.15, -0.1) is 0 Å². The molecule has 0 spiro atoms. The lowest BCUT2D eigenvalue weighted by atomic mass is 10.1. The molecule has 1 nitrogen and oxygen atoms in total. The average molecular weight is 241 g/mol. The smallest absolute Gasteiger partial charge is 0.0845 e. The van der Waals surface area contributed by atoms with Crippen molar-refractivity contribution in [3.63, 3.8) is 0 Å². The van der Waals surface area contributed by atoms with Crippen LogP contribution in [0.2, 0.25) is 0 Å². The number of allylic oxidation sites excluding steroid dienone is 1. The summed E-state index contributed by atoms with van der Waals surface area (Å²) in [6.07, 6.45) is 4.67. The first-order valence-electron chi connectivity index (χ1n) is 4.34. The van der Waals surface area contributed by atoms with E-state index in [4.69, 9.17) is 4.74 Å². The maximum absolute atomic E-state index is 5.10. The number of halogens is 1. The summed E-state index contributed by atoms with van der Waals surface area (Å²) >= 11 is 3.49. The van der Waals surface area contributed by atoms with Gasteiger partial charge in [0.1, 0.15) is 0 Å². The summed E-state index contributed by atoms with van der Waals surface area (Å²) in [5.41, 5.74) is 1.28. The van der Waals surface area contributed by atoms with E-state index in [1.807, 2.05) is 31.2 Å². The predicted molar refractivity (Wildman–Crippen MR) is 58.6 cm³/mol. The highest BCUT2D eigenvalue weighted by Crippen LogP contribution is 2.16. The van der Waals surface area contributed by atoms with Crippen molar-refractivity contribution in [1.82, 2.24) is 0 Å². The lowest BCUT2D eigenvalue weighted by Gasteiger charge is -1.99. The average Bonchev–Trinajstić information content (AvgIpc) is 2.15. The maximum Gasteiger partial charge on any atom is 0.0845 e. The van der Waals surface area contributed by atoms with Crippen LogP contribution in [0.25, 0.3) is 0 Å². The van der Waals surface area contributed by atoms with Crippen molar-refractivity contribution in [3.8, 4) is 0 Å². The highest BCUT2D eigenvalue weighted by Gasteiger charge is 1.93. The molecule has 0 N–H and O–H groups in total. The van der Waals surface area contributed by atoms with Gasteiger partial charge in [-0.25, -0.2) is 0 Å². The lowest BCUT2D eigenvalue weighted by Crippen LogP contribution is -1.83. The normalized spacial score (nSPS) is 10.6. The minimum atomic E-state index is 0.729. The number of hydrogen-bond acceptors (Lipinski definition) is 1. The molecule has 0 bridgehead atoms. The Labute approximate surface area is 87.5 Å². The van der Waals surface area contributed by atoms with E-state index in [0.717, 1.165) is 17.5 Å². The zero-order valence-electron chi connectivity index (χ0n) is 7.66. The Bertz CT molecular complexity index is 281. The van der Waals surface area contributed by atoms with Gasteiger partial charge in [-0.05, 0) is 31.1 Å². The second kappa shape index (κ2) is 5.81. The summed E-state index contributed by atoms with van der Waals surface area (Å²) in [6.45, 7) is 2.70. The number of rotatable bonds is 4. The zero-order valence-corrected chi connectivity index (χ0v) is 9.25. The summed E-state index contributed by atoms with van der Waals surface area (Å²) in [5, 5.41) is 0. The third kappa shape index (κ3) is 3.64. The van der Waals surface area contributed by atoms with E-state index in [1.54, 1.807) is 6.26 Å². The van der Waals surface area contributed by atoms with Crippen molar-refractivity contribution in [1.29, 1.82) is 0 Å². The second-order valence-corrected chi connectivity index (χ2v) is 3.48. The standard InChI is InChI=1S/C11H13BrO/c1-2-13-9-5-7-10-6-3-4-8-11(10)12/h3-6,8-9H,2,7H2,1H3/b9-5+. The summed E-state index contributed by atoms with van der Waals surface area (Å²) < 4.78 is 6.25. The first-order chi connectivity index (χ1) is 6.34. The number of ether oxygens (including phenoxy) is 1. The van der Waals surface area contributed by atoms with Gasteiger partial charge in [-0.3, -0.25) is 0 Å². The van der Waals surface area contributed by atoms with Crippen molar-refractivity contribution >= 4 is 15.9 Å². The Morgan fingerprint density at radius 2 is 2.15 bits per heavy atom. The van der Waals surface area contributed by atoms with Gasteiger partial charge in [-0.2, -0.15) is 0 Å². The highest BCUT2D eigenvalue weighted by molar-refractivity contribution is 9.10. The fraction of sp³-hybridized carbons (Fsp3) is 0.273. The second-order valence-electron chi connectivity index (χ2n) is 2.62. The van der Waals surface area contributed by atoms with Crippen LogP contribution in [0.15, 0.2) is 41.1 Å². The molecule has 0 saturated heterocycles. The van der Waals surface area contributed by atoms with Crippen LogP contribution in [0.5, 0.6) is 0 Å². The van der Waals surface area contributed by atoms with Crippen LogP contribution in [0.4, 0.5) is 0 Å². The van der Waals surface area contributed by atoms with E-state index in [2.05, 4.69) is 22.0 Å². The topological polar surface area (TPSA) is 9.23 Å². The van der Waals surface area contributed by atoms with Gasteiger partial charge < -0.3 is 4.74 Å². The molecule has 0 unspecified atom stereocenters. The summed E-state index contributed by atoms with van der Waals surface area (Å²) in [7, 11) is 0. The molecule has 0 atom stereocenters. The minimum absolute atomic E-state index is 0.729. The molecule has 0 aliphatic rings. The molecule has 0 amide bonds. The zero-order chi connectivity index (χ0) is 9.52. The van der Waals surface area contributed by atoms with Crippen molar-refractivity contribution in [2.24, 2.45) is 0 Å². The monoisotopic (exact) mass is 240 g/mol. The van der Waals surface area contributed by atoms with Crippen LogP contribution in [-0.4, -0.2) is 6.61 Å². The molecular formula is C11H13BrO. The van der Waals surface area contributed by atoms with Crippen molar-refractivity contribution in [3.05, 3.63) is 46.6 Å². The molecule has 0 heterocycles. The number of hydrogen-bond donors (Lipinski definition) is 0. The predicted octanol–water partition coefficient (Wildman–Crippen LogP) is 3.54. The molecule has 0 aliphatic heterocycles. The summed E-state index contributed by atoms with van der Waals surface area (Å²) in [6, 6.07) is 8.19. The first kappa shape index (κ1) is 10.3. The van der Waals surface area contributed by atoms with Crippen LogP contribution in [0, 0.1) is 0 Å². The SMILES string of the molecule is CCO/C=C/Cc1ccccc1Br. The van der Waals surface area contributed by atoms with Crippen LogP contribution in [0.1, 0.15) is 12.5 Å².